The number of nitrogens with zero attached hydrogens (tertiary/aromatic N) is 2. The van der Waals surface area contributed by atoms with E-state index in [1.807, 2.05) is 32.0 Å². The summed E-state index contributed by atoms with van der Waals surface area (Å²) in [6.07, 6.45) is 3.09. The van der Waals surface area contributed by atoms with Crippen molar-refractivity contribution in [3.05, 3.63) is 52.3 Å². The topological polar surface area (TPSA) is 33.2 Å². The molecule has 1 aromatic heterocycles. The zero-order valence-corrected chi connectivity index (χ0v) is 13.4. The van der Waals surface area contributed by atoms with E-state index in [0.717, 1.165) is 5.56 Å². The van der Waals surface area contributed by atoms with Gasteiger partial charge in [0, 0.05) is 36.6 Å². The van der Waals surface area contributed by atoms with Crippen molar-refractivity contribution in [3.8, 4) is 11.1 Å². The van der Waals surface area contributed by atoms with Gasteiger partial charge in [-0.2, -0.15) is 0 Å². The Kier molecular flexibility index (Phi) is 5.21. The number of halogens is 2. The fourth-order valence-corrected chi connectivity index (χ4v) is 2.77. The summed E-state index contributed by atoms with van der Waals surface area (Å²) in [7, 11) is 0. The number of hydrogen-bond donors (Lipinski definition) is 0. The Morgan fingerprint density at radius 3 is 2.33 bits per heavy atom. The van der Waals surface area contributed by atoms with Crippen LogP contribution in [0.4, 0.5) is 0 Å². The molecule has 1 heterocycles. The van der Waals surface area contributed by atoms with Crippen LogP contribution in [0, 0.1) is 0 Å². The molecular formula is C16H16Cl2N2O. The van der Waals surface area contributed by atoms with Crippen LogP contribution in [0.2, 0.25) is 10.0 Å². The van der Waals surface area contributed by atoms with Gasteiger partial charge >= 0.3 is 0 Å². The molecule has 0 unspecified atom stereocenters. The second kappa shape index (κ2) is 6.92. The first kappa shape index (κ1) is 15.8. The van der Waals surface area contributed by atoms with Crippen LogP contribution in [-0.2, 0) is 0 Å². The molecule has 0 bridgehead atoms. The van der Waals surface area contributed by atoms with Crippen molar-refractivity contribution < 1.29 is 4.79 Å². The van der Waals surface area contributed by atoms with E-state index in [1.54, 1.807) is 23.4 Å². The van der Waals surface area contributed by atoms with E-state index in [-0.39, 0.29) is 5.91 Å². The van der Waals surface area contributed by atoms with Gasteiger partial charge in [0.2, 0.25) is 0 Å². The fourth-order valence-electron chi connectivity index (χ4n) is 2.19. The van der Waals surface area contributed by atoms with E-state index < -0.39 is 0 Å². The maximum absolute atomic E-state index is 12.4. The zero-order chi connectivity index (χ0) is 15.4. The smallest absolute Gasteiger partial charge is 0.253 e. The second-order valence-corrected chi connectivity index (χ2v) is 5.35. The third-order valence-electron chi connectivity index (χ3n) is 3.30. The quantitative estimate of drug-likeness (QED) is 0.828. The zero-order valence-electron chi connectivity index (χ0n) is 11.9. The molecule has 2 rings (SSSR count). The number of carbonyl (C=O) groups excluding carboxylic acids is 1. The van der Waals surface area contributed by atoms with Gasteiger partial charge < -0.3 is 4.90 Å². The highest BCUT2D eigenvalue weighted by atomic mass is 35.5. The van der Waals surface area contributed by atoms with E-state index >= 15 is 0 Å². The number of benzene rings is 1. The average Bonchev–Trinajstić information content (AvgIpc) is 2.48. The minimum absolute atomic E-state index is 0.00292. The lowest BCUT2D eigenvalue weighted by Gasteiger charge is -2.19. The molecule has 110 valence electrons. The van der Waals surface area contributed by atoms with Crippen molar-refractivity contribution in [1.29, 1.82) is 0 Å². The first-order valence-electron chi connectivity index (χ1n) is 6.77. The largest absolute Gasteiger partial charge is 0.339 e. The predicted molar refractivity (Wildman–Crippen MR) is 86.9 cm³/mol. The molecule has 0 saturated heterocycles. The van der Waals surface area contributed by atoms with Crippen LogP contribution >= 0.6 is 23.2 Å². The Bertz CT molecular complexity index is 634. The maximum atomic E-state index is 12.4. The van der Waals surface area contributed by atoms with Crippen LogP contribution in [0.1, 0.15) is 24.2 Å². The van der Waals surface area contributed by atoms with Crippen molar-refractivity contribution in [2.45, 2.75) is 13.8 Å². The molecule has 1 amide bonds. The van der Waals surface area contributed by atoms with Gasteiger partial charge in [-0.15, -0.1) is 0 Å². The van der Waals surface area contributed by atoms with E-state index in [0.29, 0.717) is 34.3 Å². The molecule has 0 saturated carbocycles. The number of pyridine rings is 1. The number of aromatic nitrogens is 1. The summed E-state index contributed by atoms with van der Waals surface area (Å²) in [4.78, 5) is 18.1. The first-order chi connectivity index (χ1) is 10.1. The molecular weight excluding hydrogens is 307 g/mol. The molecule has 0 aliphatic heterocycles. The Balaban J connectivity index is 2.45. The highest BCUT2D eigenvalue weighted by Gasteiger charge is 2.15. The molecule has 21 heavy (non-hydrogen) atoms. The highest BCUT2D eigenvalue weighted by molar-refractivity contribution is 6.39. The van der Waals surface area contributed by atoms with E-state index in [2.05, 4.69) is 4.98 Å². The Labute approximate surface area is 134 Å². The third kappa shape index (κ3) is 3.36. The van der Waals surface area contributed by atoms with Crippen LogP contribution in [0.3, 0.4) is 0 Å². The Morgan fingerprint density at radius 2 is 1.76 bits per heavy atom. The van der Waals surface area contributed by atoms with E-state index in [9.17, 15) is 4.79 Å². The van der Waals surface area contributed by atoms with Gasteiger partial charge in [0.1, 0.15) is 0 Å². The Hall–Kier alpha value is -1.58. The van der Waals surface area contributed by atoms with Crippen molar-refractivity contribution >= 4 is 29.1 Å². The highest BCUT2D eigenvalue weighted by Crippen LogP contribution is 2.34. The molecule has 0 aliphatic rings. The van der Waals surface area contributed by atoms with Crippen molar-refractivity contribution in [2.24, 2.45) is 0 Å². The van der Waals surface area contributed by atoms with Crippen LogP contribution in [0.25, 0.3) is 11.1 Å². The van der Waals surface area contributed by atoms with Crippen LogP contribution in [0.5, 0.6) is 0 Å². The second-order valence-electron chi connectivity index (χ2n) is 4.54. The summed E-state index contributed by atoms with van der Waals surface area (Å²) >= 11 is 12.3. The normalized spacial score (nSPS) is 10.5. The summed E-state index contributed by atoms with van der Waals surface area (Å²) in [5.74, 6) is 0.00292. The summed E-state index contributed by atoms with van der Waals surface area (Å²) in [5.41, 5.74) is 2.13. The lowest BCUT2D eigenvalue weighted by atomic mass is 10.0. The van der Waals surface area contributed by atoms with Gasteiger partial charge in [-0.25, -0.2) is 0 Å². The fraction of sp³-hybridized carbons (Fsp3) is 0.250. The van der Waals surface area contributed by atoms with Gasteiger partial charge in [0.25, 0.3) is 5.91 Å². The van der Waals surface area contributed by atoms with Crippen LogP contribution in [-0.4, -0.2) is 28.9 Å². The first-order valence-corrected chi connectivity index (χ1v) is 7.52. The maximum Gasteiger partial charge on any atom is 0.253 e. The lowest BCUT2D eigenvalue weighted by Crippen LogP contribution is -2.30. The summed E-state index contributed by atoms with van der Waals surface area (Å²) in [6, 6.07) is 7.33. The van der Waals surface area contributed by atoms with Crippen molar-refractivity contribution in [2.75, 3.05) is 13.1 Å². The number of rotatable bonds is 4. The van der Waals surface area contributed by atoms with Gasteiger partial charge in [-0.05, 0) is 31.5 Å². The molecule has 0 fully saturated rings. The van der Waals surface area contributed by atoms with Gasteiger partial charge in [0.05, 0.1) is 10.0 Å². The lowest BCUT2D eigenvalue weighted by molar-refractivity contribution is 0.0773. The minimum atomic E-state index is 0.00292. The predicted octanol–water partition coefficient (Wildman–Crippen LogP) is 4.54. The van der Waals surface area contributed by atoms with Crippen LogP contribution in [0.15, 0.2) is 36.7 Å². The minimum Gasteiger partial charge on any atom is -0.339 e. The average molecular weight is 323 g/mol. The summed E-state index contributed by atoms with van der Waals surface area (Å²) < 4.78 is 0. The molecule has 2 aromatic rings. The number of carbonyl (C=O) groups is 1. The monoisotopic (exact) mass is 322 g/mol. The van der Waals surface area contributed by atoms with Gasteiger partial charge in [-0.3, -0.25) is 9.78 Å². The molecule has 0 radical (unpaired) electrons. The number of hydrogen-bond acceptors (Lipinski definition) is 2. The molecule has 3 nitrogen and oxygen atoms in total. The molecule has 0 atom stereocenters. The van der Waals surface area contributed by atoms with Gasteiger partial charge in [0.15, 0.2) is 0 Å². The van der Waals surface area contributed by atoms with E-state index in [1.165, 1.54) is 0 Å². The van der Waals surface area contributed by atoms with Crippen molar-refractivity contribution in [3.63, 3.8) is 0 Å². The van der Waals surface area contributed by atoms with Crippen molar-refractivity contribution in [1.82, 2.24) is 9.88 Å². The summed E-state index contributed by atoms with van der Waals surface area (Å²) in [6.45, 7) is 5.27. The van der Waals surface area contributed by atoms with Crippen LogP contribution < -0.4 is 0 Å². The number of amides is 1. The molecule has 1 aromatic carbocycles. The third-order valence-corrected chi connectivity index (χ3v) is 3.88. The van der Waals surface area contributed by atoms with Gasteiger partial charge in [-0.1, -0.05) is 35.3 Å². The van der Waals surface area contributed by atoms with E-state index in [4.69, 9.17) is 23.2 Å². The molecule has 0 N–H and O–H groups in total. The molecule has 5 heteroatoms. The molecule has 0 aliphatic carbocycles. The standard InChI is InChI=1S/C16H16Cl2N2O/c1-3-20(4-2)16(21)12-7-5-6-11(8-12)15-13(17)9-19-10-14(15)18/h5-10H,3-4H2,1-2H3. The summed E-state index contributed by atoms with van der Waals surface area (Å²) in [5, 5.41) is 0.935. The SMILES string of the molecule is CCN(CC)C(=O)c1cccc(-c2c(Cl)cncc2Cl)c1. The Morgan fingerprint density at radius 1 is 1.14 bits per heavy atom. The molecule has 0 spiro atoms.